The van der Waals surface area contributed by atoms with Crippen molar-refractivity contribution in [3.05, 3.63) is 46.5 Å². The number of carbonyl (C=O) groups excluding carboxylic acids is 1. The molecular weight excluding hydrogens is 331 g/mol. The molecule has 1 unspecified atom stereocenters. The smallest absolute Gasteiger partial charge is 0.274 e. The zero-order valence-corrected chi connectivity index (χ0v) is 15.4. The lowest BCUT2D eigenvalue weighted by molar-refractivity contribution is 0.0769. The third kappa shape index (κ3) is 2.72. The quantitative estimate of drug-likeness (QED) is 0.919. The van der Waals surface area contributed by atoms with Crippen LogP contribution in [0.2, 0.25) is 0 Å². The molecule has 0 radical (unpaired) electrons. The molecule has 1 aromatic heterocycles. The van der Waals surface area contributed by atoms with Gasteiger partial charge in [-0.05, 0) is 62.3 Å². The number of nitrogens with zero attached hydrogens (tertiary/aromatic N) is 3. The van der Waals surface area contributed by atoms with Crippen LogP contribution in [0.5, 0.6) is 0 Å². The number of hydrogen-bond donors (Lipinski definition) is 1. The fourth-order valence-corrected chi connectivity index (χ4v) is 4.11. The molecule has 0 saturated carbocycles. The molecule has 1 aromatic carbocycles. The topological polar surface area (TPSA) is 64.2 Å². The molecule has 1 aliphatic heterocycles. The van der Waals surface area contributed by atoms with Crippen LogP contribution >= 0.6 is 0 Å². The molecule has 1 atom stereocenters. The first-order valence-corrected chi connectivity index (χ1v) is 9.28. The highest BCUT2D eigenvalue weighted by Gasteiger charge is 2.38. The van der Waals surface area contributed by atoms with Crippen LogP contribution < -0.4 is 5.73 Å². The second kappa shape index (κ2) is 6.20. The van der Waals surface area contributed by atoms with E-state index in [0.29, 0.717) is 31.0 Å². The summed E-state index contributed by atoms with van der Waals surface area (Å²) in [6.07, 6.45) is 3.53. The van der Waals surface area contributed by atoms with E-state index < -0.39 is 0 Å². The Bertz CT molecular complexity index is 875. The van der Waals surface area contributed by atoms with Crippen LogP contribution in [0, 0.1) is 18.2 Å². The molecule has 4 rings (SSSR count). The SMILES string of the molecule is Cc1ccc(-n2nc(C(=O)N3CCC(C)(CN)C3)c3c2CCC3)c(F)c1. The van der Waals surface area contributed by atoms with E-state index in [1.165, 1.54) is 6.07 Å². The summed E-state index contributed by atoms with van der Waals surface area (Å²) in [5, 5.41) is 4.56. The summed E-state index contributed by atoms with van der Waals surface area (Å²) in [4.78, 5) is 15.0. The van der Waals surface area contributed by atoms with E-state index in [-0.39, 0.29) is 17.1 Å². The lowest BCUT2D eigenvalue weighted by Crippen LogP contribution is -2.35. The fraction of sp³-hybridized carbons (Fsp3) is 0.500. The largest absolute Gasteiger partial charge is 0.337 e. The van der Waals surface area contributed by atoms with E-state index in [2.05, 4.69) is 12.0 Å². The van der Waals surface area contributed by atoms with Gasteiger partial charge in [0.2, 0.25) is 0 Å². The average molecular weight is 356 g/mol. The van der Waals surface area contributed by atoms with E-state index in [4.69, 9.17) is 5.73 Å². The molecule has 26 heavy (non-hydrogen) atoms. The number of aromatic nitrogens is 2. The van der Waals surface area contributed by atoms with Gasteiger partial charge in [-0.25, -0.2) is 9.07 Å². The predicted octanol–water partition coefficient (Wildman–Crippen LogP) is 2.62. The molecule has 5 nitrogen and oxygen atoms in total. The van der Waals surface area contributed by atoms with Gasteiger partial charge in [0.15, 0.2) is 5.69 Å². The summed E-state index contributed by atoms with van der Waals surface area (Å²) in [7, 11) is 0. The zero-order chi connectivity index (χ0) is 18.5. The van der Waals surface area contributed by atoms with E-state index in [0.717, 1.165) is 42.5 Å². The lowest BCUT2D eigenvalue weighted by Gasteiger charge is -2.22. The molecule has 1 aliphatic carbocycles. The Morgan fingerprint density at radius 2 is 2.19 bits per heavy atom. The van der Waals surface area contributed by atoms with Gasteiger partial charge in [0.1, 0.15) is 11.5 Å². The van der Waals surface area contributed by atoms with Crippen LogP contribution in [-0.2, 0) is 12.8 Å². The second-order valence-electron chi connectivity index (χ2n) is 7.99. The molecule has 0 bridgehead atoms. The first-order chi connectivity index (χ1) is 12.4. The van der Waals surface area contributed by atoms with Crippen molar-refractivity contribution >= 4 is 5.91 Å². The molecule has 1 amide bonds. The van der Waals surface area contributed by atoms with E-state index in [9.17, 15) is 9.18 Å². The lowest BCUT2D eigenvalue weighted by atomic mass is 9.90. The number of hydrogen-bond acceptors (Lipinski definition) is 3. The Kier molecular flexibility index (Phi) is 4.10. The van der Waals surface area contributed by atoms with Crippen molar-refractivity contribution in [1.29, 1.82) is 0 Å². The van der Waals surface area contributed by atoms with E-state index in [1.54, 1.807) is 10.7 Å². The second-order valence-corrected chi connectivity index (χ2v) is 7.99. The summed E-state index contributed by atoms with van der Waals surface area (Å²) < 4.78 is 16.1. The molecule has 2 N–H and O–H groups in total. The number of halogens is 1. The fourth-order valence-electron chi connectivity index (χ4n) is 4.11. The van der Waals surface area contributed by atoms with E-state index in [1.807, 2.05) is 17.9 Å². The molecule has 2 aliphatic rings. The third-order valence-corrected chi connectivity index (χ3v) is 5.80. The van der Waals surface area contributed by atoms with Crippen molar-refractivity contribution in [3.8, 4) is 5.69 Å². The minimum Gasteiger partial charge on any atom is -0.337 e. The summed E-state index contributed by atoms with van der Waals surface area (Å²) in [6, 6.07) is 5.12. The van der Waals surface area contributed by atoms with Gasteiger partial charge in [-0.3, -0.25) is 4.79 Å². The van der Waals surface area contributed by atoms with Gasteiger partial charge in [0.05, 0.1) is 0 Å². The molecule has 6 heteroatoms. The van der Waals surface area contributed by atoms with Crippen LogP contribution in [-0.4, -0.2) is 40.2 Å². The highest BCUT2D eigenvalue weighted by molar-refractivity contribution is 5.94. The monoisotopic (exact) mass is 356 g/mol. The summed E-state index contributed by atoms with van der Waals surface area (Å²) in [6.45, 7) is 5.90. The Balaban J connectivity index is 1.72. The predicted molar refractivity (Wildman–Crippen MR) is 98.0 cm³/mol. The number of rotatable bonds is 3. The summed E-state index contributed by atoms with van der Waals surface area (Å²) in [5.41, 5.74) is 9.57. The van der Waals surface area contributed by atoms with E-state index >= 15 is 0 Å². The van der Waals surface area contributed by atoms with Crippen LogP contribution in [0.1, 0.15) is 47.1 Å². The number of aryl methyl sites for hydroxylation is 1. The van der Waals surface area contributed by atoms with Gasteiger partial charge in [-0.2, -0.15) is 5.10 Å². The maximum atomic E-state index is 14.5. The van der Waals surface area contributed by atoms with Crippen molar-refractivity contribution < 1.29 is 9.18 Å². The molecule has 2 aromatic rings. The first-order valence-electron chi connectivity index (χ1n) is 9.28. The Morgan fingerprint density at radius 3 is 2.88 bits per heavy atom. The number of likely N-dealkylation sites (tertiary alicyclic amines) is 1. The number of amides is 1. The Labute approximate surface area is 153 Å². The molecule has 2 heterocycles. The van der Waals surface area contributed by atoms with Crippen molar-refractivity contribution in [3.63, 3.8) is 0 Å². The maximum Gasteiger partial charge on any atom is 0.274 e. The zero-order valence-electron chi connectivity index (χ0n) is 15.4. The van der Waals surface area contributed by atoms with Gasteiger partial charge in [0, 0.05) is 24.3 Å². The van der Waals surface area contributed by atoms with Crippen molar-refractivity contribution in [1.82, 2.24) is 14.7 Å². The Morgan fingerprint density at radius 1 is 1.38 bits per heavy atom. The third-order valence-electron chi connectivity index (χ3n) is 5.80. The molecule has 138 valence electrons. The minimum absolute atomic E-state index is 0.0233. The van der Waals surface area contributed by atoms with Gasteiger partial charge in [0.25, 0.3) is 5.91 Å². The van der Waals surface area contributed by atoms with Gasteiger partial charge in [-0.15, -0.1) is 0 Å². The minimum atomic E-state index is -0.307. The Hall–Kier alpha value is -2.21. The maximum absolute atomic E-state index is 14.5. The van der Waals surface area contributed by atoms with Gasteiger partial charge in [-0.1, -0.05) is 13.0 Å². The number of fused-ring (bicyclic) bond motifs is 1. The summed E-state index contributed by atoms with van der Waals surface area (Å²) in [5.74, 6) is -0.357. The van der Waals surface area contributed by atoms with Gasteiger partial charge >= 0.3 is 0 Å². The van der Waals surface area contributed by atoms with Crippen LogP contribution in [0.4, 0.5) is 4.39 Å². The summed E-state index contributed by atoms with van der Waals surface area (Å²) >= 11 is 0. The standard InChI is InChI=1S/C20H25FN4O/c1-13-6-7-17(15(21)10-13)25-16-5-3-4-14(16)18(23-25)19(26)24-9-8-20(2,11-22)12-24/h6-7,10H,3-5,8-9,11-12,22H2,1-2H3. The molecule has 0 spiro atoms. The van der Waals surface area contributed by atoms with Crippen molar-refractivity contribution in [2.24, 2.45) is 11.1 Å². The normalized spacial score (nSPS) is 22.1. The molecular formula is C20H25FN4O. The van der Waals surface area contributed by atoms with Crippen LogP contribution in [0.3, 0.4) is 0 Å². The number of carbonyl (C=O) groups is 1. The first kappa shape index (κ1) is 17.2. The number of benzene rings is 1. The number of nitrogens with two attached hydrogens (primary N) is 1. The highest BCUT2D eigenvalue weighted by atomic mass is 19.1. The highest BCUT2D eigenvalue weighted by Crippen LogP contribution is 2.33. The molecule has 1 saturated heterocycles. The molecule has 1 fully saturated rings. The average Bonchev–Trinajstić information content (AvgIpc) is 3.30. The van der Waals surface area contributed by atoms with Crippen LogP contribution in [0.15, 0.2) is 18.2 Å². The van der Waals surface area contributed by atoms with Crippen molar-refractivity contribution in [2.75, 3.05) is 19.6 Å². The van der Waals surface area contributed by atoms with Crippen LogP contribution in [0.25, 0.3) is 5.69 Å². The van der Waals surface area contributed by atoms with Gasteiger partial charge < -0.3 is 10.6 Å². The van der Waals surface area contributed by atoms with Crippen molar-refractivity contribution in [2.45, 2.75) is 39.5 Å².